The molecule has 0 aliphatic heterocycles. The second kappa shape index (κ2) is 7.09. The minimum atomic E-state index is -0.269. The Bertz CT molecular complexity index is 601. The maximum Gasteiger partial charge on any atom is 0.131 e. The van der Waals surface area contributed by atoms with Gasteiger partial charge in [0.25, 0.3) is 0 Å². The van der Waals surface area contributed by atoms with Crippen molar-refractivity contribution in [3.8, 4) is 11.5 Å². The lowest BCUT2D eigenvalue weighted by atomic mass is 10.1. The van der Waals surface area contributed by atoms with E-state index in [1.807, 2.05) is 31.2 Å². The Hall–Kier alpha value is -2.07. The van der Waals surface area contributed by atoms with Gasteiger partial charge in [0.15, 0.2) is 0 Å². The normalized spacial score (nSPS) is 12.0. The molecular weight excluding hydrogens is 269 g/mol. The summed E-state index contributed by atoms with van der Waals surface area (Å²) in [7, 11) is 3.17. The van der Waals surface area contributed by atoms with E-state index in [1.54, 1.807) is 19.2 Å². The molecule has 2 aromatic rings. The van der Waals surface area contributed by atoms with Crippen molar-refractivity contribution < 1.29 is 13.9 Å². The zero-order valence-electron chi connectivity index (χ0n) is 12.5. The molecule has 0 amide bonds. The molecule has 1 atom stereocenters. The maximum atomic E-state index is 14.0. The molecule has 0 heterocycles. The topological polar surface area (TPSA) is 30.5 Å². The molecule has 0 aliphatic rings. The number of halogens is 1. The zero-order chi connectivity index (χ0) is 15.2. The van der Waals surface area contributed by atoms with Crippen LogP contribution in [0, 0.1) is 5.82 Å². The maximum absolute atomic E-state index is 14.0. The third-order valence-corrected chi connectivity index (χ3v) is 3.47. The van der Waals surface area contributed by atoms with E-state index in [1.165, 1.54) is 13.2 Å². The van der Waals surface area contributed by atoms with Gasteiger partial charge in [0.05, 0.1) is 14.2 Å². The molecule has 0 aliphatic carbocycles. The van der Waals surface area contributed by atoms with Crippen LogP contribution in [0.1, 0.15) is 24.1 Å². The van der Waals surface area contributed by atoms with Crippen LogP contribution in [0.2, 0.25) is 0 Å². The van der Waals surface area contributed by atoms with Crippen molar-refractivity contribution in [2.24, 2.45) is 0 Å². The van der Waals surface area contributed by atoms with Crippen LogP contribution in [-0.4, -0.2) is 14.2 Å². The fourth-order valence-corrected chi connectivity index (χ4v) is 2.21. The third-order valence-electron chi connectivity index (χ3n) is 3.47. The fourth-order valence-electron chi connectivity index (χ4n) is 2.21. The molecule has 4 heteroatoms. The molecular formula is C17H20FNO2. The Kier molecular flexibility index (Phi) is 5.17. The van der Waals surface area contributed by atoms with Gasteiger partial charge in [-0.15, -0.1) is 0 Å². The summed E-state index contributed by atoms with van der Waals surface area (Å²) in [6.45, 7) is 2.54. The molecule has 0 radical (unpaired) electrons. The van der Waals surface area contributed by atoms with Crippen LogP contribution in [0.25, 0.3) is 0 Å². The van der Waals surface area contributed by atoms with Gasteiger partial charge < -0.3 is 14.8 Å². The fraction of sp³-hybridized carbons (Fsp3) is 0.294. The molecule has 1 N–H and O–H groups in total. The molecule has 21 heavy (non-hydrogen) atoms. The Balaban J connectivity index is 2.06. The summed E-state index contributed by atoms with van der Waals surface area (Å²) in [5.41, 5.74) is 1.66. The van der Waals surface area contributed by atoms with Crippen LogP contribution in [-0.2, 0) is 6.54 Å². The van der Waals surface area contributed by atoms with Crippen molar-refractivity contribution in [3.63, 3.8) is 0 Å². The average Bonchev–Trinajstić information content (AvgIpc) is 2.52. The molecule has 3 nitrogen and oxygen atoms in total. The lowest BCUT2D eigenvalue weighted by Crippen LogP contribution is -2.19. The van der Waals surface area contributed by atoms with Gasteiger partial charge in [0.2, 0.25) is 0 Å². The summed E-state index contributed by atoms with van der Waals surface area (Å²) in [5, 5.41) is 3.31. The van der Waals surface area contributed by atoms with E-state index in [4.69, 9.17) is 9.47 Å². The molecule has 0 saturated carbocycles. The smallest absolute Gasteiger partial charge is 0.131 e. The minimum Gasteiger partial charge on any atom is -0.497 e. The molecule has 0 bridgehead atoms. The number of para-hydroxylation sites is 1. The molecule has 0 aromatic heterocycles. The van der Waals surface area contributed by atoms with Crippen molar-refractivity contribution in [1.82, 2.24) is 5.32 Å². The molecule has 2 aromatic carbocycles. The molecule has 0 spiro atoms. The van der Waals surface area contributed by atoms with Crippen molar-refractivity contribution >= 4 is 0 Å². The van der Waals surface area contributed by atoms with E-state index in [0.29, 0.717) is 17.9 Å². The van der Waals surface area contributed by atoms with Crippen molar-refractivity contribution in [1.29, 1.82) is 0 Å². The number of methoxy groups -OCH3 is 2. The van der Waals surface area contributed by atoms with E-state index in [0.717, 1.165) is 11.3 Å². The lowest BCUT2D eigenvalue weighted by Gasteiger charge is -2.17. The highest BCUT2D eigenvalue weighted by molar-refractivity contribution is 5.34. The van der Waals surface area contributed by atoms with Crippen LogP contribution < -0.4 is 14.8 Å². The predicted molar refractivity (Wildman–Crippen MR) is 81.2 cm³/mol. The van der Waals surface area contributed by atoms with Crippen LogP contribution in [0.4, 0.5) is 4.39 Å². The number of hydrogen-bond acceptors (Lipinski definition) is 3. The standard InChI is InChI=1S/C17H20FNO2/c1-12(15-9-8-14(20-2)10-16(15)18)19-11-13-6-4-5-7-17(13)21-3/h4-10,12,19H,11H2,1-3H3. The van der Waals surface area contributed by atoms with Gasteiger partial charge in [0, 0.05) is 29.8 Å². The van der Waals surface area contributed by atoms with E-state index in [9.17, 15) is 4.39 Å². The Morgan fingerprint density at radius 3 is 2.52 bits per heavy atom. The van der Waals surface area contributed by atoms with Crippen LogP contribution in [0.3, 0.4) is 0 Å². The van der Waals surface area contributed by atoms with Gasteiger partial charge in [-0.25, -0.2) is 4.39 Å². The highest BCUT2D eigenvalue weighted by Gasteiger charge is 2.12. The van der Waals surface area contributed by atoms with E-state index < -0.39 is 0 Å². The Morgan fingerprint density at radius 1 is 1.10 bits per heavy atom. The quantitative estimate of drug-likeness (QED) is 0.879. The van der Waals surface area contributed by atoms with Gasteiger partial charge in [-0.3, -0.25) is 0 Å². The van der Waals surface area contributed by atoms with Gasteiger partial charge in [-0.2, -0.15) is 0 Å². The van der Waals surface area contributed by atoms with Crippen molar-refractivity contribution in [2.45, 2.75) is 19.5 Å². The van der Waals surface area contributed by atoms with Crippen LogP contribution >= 0.6 is 0 Å². The highest BCUT2D eigenvalue weighted by atomic mass is 19.1. The van der Waals surface area contributed by atoms with Gasteiger partial charge in [-0.05, 0) is 19.1 Å². The first-order chi connectivity index (χ1) is 10.2. The summed E-state index contributed by atoms with van der Waals surface area (Å²) < 4.78 is 24.3. The predicted octanol–water partition coefficient (Wildman–Crippen LogP) is 3.69. The summed E-state index contributed by atoms with van der Waals surface area (Å²) >= 11 is 0. The Labute approximate surface area is 124 Å². The summed E-state index contributed by atoms with van der Waals surface area (Å²) in [4.78, 5) is 0. The molecule has 0 fully saturated rings. The van der Waals surface area contributed by atoms with E-state index >= 15 is 0 Å². The molecule has 112 valence electrons. The minimum absolute atomic E-state index is 0.110. The number of benzene rings is 2. The second-order valence-electron chi connectivity index (χ2n) is 4.80. The average molecular weight is 289 g/mol. The lowest BCUT2D eigenvalue weighted by molar-refractivity contribution is 0.404. The summed E-state index contributed by atoms with van der Waals surface area (Å²) in [6, 6.07) is 12.6. The van der Waals surface area contributed by atoms with Gasteiger partial charge in [0.1, 0.15) is 17.3 Å². The van der Waals surface area contributed by atoms with Gasteiger partial charge >= 0.3 is 0 Å². The zero-order valence-corrected chi connectivity index (χ0v) is 12.5. The number of nitrogens with one attached hydrogen (secondary N) is 1. The first kappa shape index (κ1) is 15.3. The molecule has 1 unspecified atom stereocenters. The Morgan fingerprint density at radius 2 is 1.86 bits per heavy atom. The summed E-state index contributed by atoms with van der Waals surface area (Å²) in [6.07, 6.45) is 0. The van der Waals surface area contributed by atoms with Crippen molar-refractivity contribution in [3.05, 3.63) is 59.4 Å². The summed E-state index contributed by atoms with van der Waals surface area (Å²) in [5.74, 6) is 1.08. The first-order valence-electron chi connectivity index (χ1n) is 6.84. The molecule has 0 saturated heterocycles. The largest absolute Gasteiger partial charge is 0.497 e. The third kappa shape index (κ3) is 3.73. The monoisotopic (exact) mass is 289 g/mol. The van der Waals surface area contributed by atoms with E-state index in [2.05, 4.69) is 5.32 Å². The first-order valence-corrected chi connectivity index (χ1v) is 6.84. The van der Waals surface area contributed by atoms with Crippen LogP contribution in [0.5, 0.6) is 11.5 Å². The van der Waals surface area contributed by atoms with Crippen LogP contribution in [0.15, 0.2) is 42.5 Å². The number of rotatable bonds is 6. The van der Waals surface area contributed by atoms with Gasteiger partial charge in [-0.1, -0.05) is 24.3 Å². The SMILES string of the molecule is COc1ccc(C(C)NCc2ccccc2OC)c(F)c1. The van der Waals surface area contributed by atoms with E-state index in [-0.39, 0.29) is 11.9 Å². The van der Waals surface area contributed by atoms with Crippen molar-refractivity contribution in [2.75, 3.05) is 14.2 Å². The molecule has 2 rings (SSSR count). The number of hydrogen-bond donors (Lipinski definition) is 1. The highest BCUT2D eigenvalue weighted by Crippen LogP contribution is 2.23. The number of ether oxygens (including phenoxy) is 2. The second-order valence-corrected chi connectivity index (χ2v) is 4.80.